The molecular weight excluding hydrogens is 362 g/mol. The van der Waals surface area contributed by atoms with Crippen molar-refractivity contribution in [2.24, 2.45) is 0 Å². The van der Waals surface area contributed by atoms with Gasteiger partial charge >= 0.3 is 0 Å². The van der Waals surface area contributed by atoms with Crippen molar-refractivity contribution >= 4 is 34.5 Å². The van der Waals surface area contributed by atoms with E-state index in [1.807, 2.05) is 11.4 Å². The molecule has 2 aromatic heterocycles. The van der Waals surface area contributed by atoms with Crippen molar-refractivity contribution in [1.82, 2.24) is 14.8 Å². The van der Waals surface area contributed by atoms with E-state index in [9.17, 15) is 9.59 Å². The third kappa shape index (κ3) is 5.49. The number of aromatic nitrogens is 3. The fraction of sp³-hybridized carbons (Fsp3) is 0.263. The summed E-state index contributed by atoms with van der Waals surface area (Å²) >= 11 is 1.71. The average molecular weight is 383 g/mol. The van der Waals surface area contributed by atoms with Gasteiger partial charge in [-0.2, -0.15) is 5.10 Å². The van der Waals surface area contributed by atoms with Crippen molar-refractivity contribution < 1.29 is 9.59 Å². The smallest absolute Gasteiger partial charge is 0.249 e. The molecule has 2 amide bonds. The Hall–Kier alpha value is -3.00. The molecule has 0 aliphatic heterocycles. The van der Waals surface area contributed by atoms with Crippen LogP contribution in [0.4, 0.5) is 11.4 Å². The maximum absolute atomic E-state index is 12.2. The van der Waals surface area contributed by atoms with Crippen LogP contribution < -0.4 is 10.6 Å². The summed E-state index contributed by atoms with van der Waals surface area (Å²) in [5.41, 5.74) is 1.36. The third-order valence-corrected chi connectivity index (χ3v) is 4.99. The second-order valence-corrected chi connectivity index (χ2v) is 7.13. The van der Waals surface area contributed by atoms with E-state index in [2.05, 4.69) is 26.8 Å². The predicted octanol–water partition coefficient (Wildman–Crippen LogP) is 3.50. The van der Waals surface area contributed by atoms with Crippen molar-refractivity contribution in [3.05, 3.63) is 59.3 Å². The average Bonchev–Trinajstić information content (AvgIpc) is 3.36. The van der Waals surface area contributed by atoms with Crippen LogP contribution in [0.1, 0.15) is 30.7 Å². The van der Waals surface area contributed by atoms with Gasteiger partial charge < -0.3 is 10.6 Å². The zero-order valence-electron chi connectivity index (χ0n) is 15.0. The highest BCUT2D eigenvalue weighted by Gasteiger charge is 2.15. The molecule has 0 spiro atoms. The first-order valence-corrected chi connectivity index (χ1v) is 9.57. The molecular formula is C19H21N5O2S. The van der Waals surface area contributed by atoms with Crippen LogP contribution in [0.25, 0.3) is 0 Å². The minimum absolute atomic E-state index is 0.0110. The molecule has 0 aliphatic rings. The molecule has 8 heteroatoms. The Kier molecular flexibility index (Phi) is 6.32. The van der Waals surface area contributed by atoms with Crippen LogP contribution in [0.15, 0.2) is 54.4 Å². The van der Waals surface area contributed by atoms with Crippen molar-refractivity contribution in [2.75, 3.05) is 10.6 Å². The Morgan fingerprint density at radius 2 is 1.89 bits per heavy atom. The number of amides is 2. The quantitative estimate of drug-likeness (QED) is 0.623. The van der Waals surface area contributed by atoms with Gasteiger partial charge in [-0.15, -0.1) is 11.3 Å². The summed E-state index contributed by atoms with van der Waals surface area (Å²) in [7, 11) is 0. The summed E-state index contributed by atoms with van der Waals surface area (Å²) in [4.78, 5) is 29.4. The summed E-state index contributed by atoms with van der Waals surface area (Å²) < 4.78 is 1.49. The van der Waals surface area contributed by atoms with Gasteiger partial charge in [0.1, 0.15) is 18.7 Å². The van der Waals surface area contributed by atoms with Crippen LogP contribution in [0.3, 0.4) is 0 Å². The third-order valence-electron chi connectivity index (χ3n) is 4.06. The predicted molar refractivity (Wildman–Crippen MR) is 106 cm³/mol. The summed E-state index contributed by atoms with van der Waals surface area (Å²) in [5, 5.41) is 11.7. The van der Waals surface area contributed by atoms with Gasteiger partial charge in [-0.3, -0.25) is 9.59 Å². The van der Waals surface area contributed by atoms with Gasteiger partial charge in [-0.1, -0.05) is 6.07 Å². The molecule has 0 fully saturated rings. The van der Waals surface area contributed by atoms with Crippen LogP contribution in [-0.4, -0.2) is 26.6 Å². The number of hydrogen-bond donors (Lipinski definition) is 2. The monoisotopic (exact) mass is 383 g/mol. The minimum Gasteiger partial charge on any atom is -0.326 e. The molecule has 2 N–H and O–H groups in total. The highest BCUT2D eigenvalue weighted by molar-refractivity contribution is 7.09. The summed E-state index contributed by atoms with van der Waals surface area (Å²) in [5.74, 6) is -0.200. The van der Waals surface area contributed by atoms with Crippen LogP contribution in [-0.2, 0) is 16.0 Å². The highest BCUT2D eigenvalue weighted by Crippen LogP contribution is 2.16. The van der Waals surface area contributed by atoms with Crippen molar-refractivity contribution in [1.29, 1.82) is 0 Å². The van der Waals surface area contributed by atoms with Crippen LogP contribution in [0, 0.1) is 0 Å². The maximum Gasteiger partial charge on any atom is 0.249 e. The number of carbonyl (C=O) groups excluding carboxylic acids is 2. The van der Waals surface area contributed by atoms with Crippen LogP contribution >= 0.6 is 11.3 Å². The molecule has 1 aromatic carbocycles. The van der Waals surface area contributed by atoms with E-state index in [1.165, 1.54) is 22.2 Å². The van der Waals surface area contributed by atoms with E-state index in [0.717, 1.165) is 12.8 Å². The zero-order chi connectivity index (χ0) is 19.1. The topological polar surface area (TPSA) is 88.9 Å². The highest BCUT2D eigenvalue weighted by atomic mass is 32.1. The molecule has 2 heterocycles. The molecule has 0 radical (unpaired) electrons. The summed E-state index contributed by atoms with van der Waals surface area (Å²) in [6.07, 6.45) is 5.11. The van der Waals surface area contributed by atoms with E-state index in [4.69, 9.17) is 0 Å². The molecule has 0 bridgehead atoms. The fourth-order valence-corrected chi connectivity index (χ4v) is 3.27. The first kappa shape index (κ1) is 18.8. The number of aryl methyl sites for hydroxylation is 1. The second-order valence-electron chi connectivity index (χ2n) is 6.10. The van der Waals surface area contributed by atoms with Crippen molar-refractivity contribution in [3.8, 4) is 0 Å². The van der Waals surface area contributed by atoms with E-state index in [0.29, 0.717) is 17.8 Å². The number of hydrogen-bond acceptors (Lipinski definition) is 5. The number of nitrogens with one attached hydrogen (secondary N) is 2. The lowest BCUT2D eigenvalue weighted by molar-refractivity contribution is -0.119. The van der Waals surface area contributed by atoms with Gasteiger partial charge in [-0.05, 0) is 55.5 Å². The van der Waals surface area contributed by atoms with Crippen LogP contribution in [0.5, 0.6) is 0 Å². The number of carbonyl (C=O) groups is 2. The van der Waals surface area contributed by atoms with Crippen molar-refractivity contribution in [2.45, 2.75) is 32.2 Å². The normalized spacial score (nSPS) is 11.7. The number of benzene rings is 1. The van der Waals surface area contributed by atoms with Crippen LogP contribution in [0.2, 0.25) is 0 Å². The molecule has 7 nitrogen and oxygen atoms in total. The van der Waals surface area contributed by atoms with Crippen molar-refractivity contribution in [3.63, 3.8) is 0 Å². The lowest BCUT2D eigenvalue weighted by Crippen LogP contribution is -2.24. The number of nitrogens with zero attached hydrogens (tertiary/aromatic N) is 3. The van der Waals surface area contributed by atoms with Gasteiger partial charge in [0.05, 0.1) is 0 Å². The van der Waals surface area contributed by atoms with Gasteiger partial charge in [0.25, 0.3) is 0 Å². The Morgan fingerprint density at radius 1 is 1.15 bits per heavy atom. The fourth-order valence-electron chi connectivity index (χ4n) is 2.52. The maximum atomic E-state index is 12.2. The number of thiophene rings is 1. The van der Waals surface area contributed by atoms with E-state index >= 15 is 0 Å². The molecule has 0 saturated heterocycles. The Balaban J connectivity index is 1.45. The number of anilines is 2. The lowest BCUT2D eigenvalue weighted by atomic mass is 10.2. The molecule has 3 rings (SSSR count). The molecule has 3 aromatic rings. The first-order valence-electron chi connectivity index (χ1n) is 8.69. The Bertz CT molecular complexity index is 860. The molecule has 0 saturated carbocycles. The first-order chi connectivity index (χ1) is 13.1. The molecule has 140 valence electrons. The van der Waals surface area contributed by atoms with Gasteiger partial charge in [0, 0.05) is 22.7 Å². The largest absolute Gasteiger partial charge is 0.326 e. The Morgan fingerprint density at radius 3 is 2.52 bits per heavy atom. The van der Waals surface area contributed by atoms with E-state index in [1.54, 1.807) is 42.5 Å². The molecule has 1 atom stereocenters. The second kappa shape index (κ2) is 9.09. The van der Waals surface area contributed by atoms with E-state index < -0.39 is 6.04 Å². The van der Waals surface area contributed by atoms with Gasteiger partial charge in [0.15, 0.2) is 0 Å². The molecule has 27 heavy (non-hydrogen) atoms. The Labute approximate surface area is 161 Å². The zero-order valence-corrected chi connectivity index (χ0v) is 15.8. The van der Waals surface area contributed by atoms with E-state index in [-0.39, 0.29) is 11.8 Å². The number of rotatable bonds is 8. The summed E-state index contributed by atoms with van der Waals surface area (Å²) in [6, 6.07) is 10.7. The summed E-state index contributed by atoms with van der Waals surface area (Å²) in [6.45, 7) is 1.74. The molecule has 0 aliphatic carbocycles. The van der Waals surface area contributed by atoms with Gasteiger partial charge in [-0.25, -0.2) is 9.67 Å². The van der Waals surface area contributed by atoms with Gasteiger partial charge in [0.2, 0.25) is 11.8 Å². The minimum atomic E-state index is -0.463. The standard InChI is InChI=1S/C19H21N5O2S/c1-14(24-13-20-12-21-24)19(26)23-16-9-7-15(8-10-16)22-18(25)6-2-4-17-5-3-11-27-17/h3,5,7-14H,2,4,6H2,1H3,(H,22,25)(H,23,26)/t14-/m0/s1. The lowest BCUT2D eigenvalue weighted by Gasteiger charge is -2.12. The SMILES string of the molecule is C[C@@H](C(=O)Nc1ccc(NC(=O)CCCc2cccs2)cc1)n1cncn1. The molecule has 0 unspecified atom stereocenters.